The Balaban J connectivity index is 1.90. The fourth-order valence-electron chi connectivity index (χ4n) is 1.76. The molecule has 0 aliphatic heterocycles. The second-order valence-electron chi connectivity index (χ2n) is 4.27. The number of amides is 1. The zero-order valence-electron chi connectivity index (χ0n) is 10.9. The molecule has 19 heavy (non-hydrogen) atoms. The zero-order valence-corrected chi connectivity index (χ0v) is 12.4. The van der Waals surface area contributed by atoms with Gasteiger partial charge in [0.1, 0.15) is 6.33 Å². The second-order valence-corrected chi connectivity index (χ2v) is 5.13. The van der Waals surface area contributed by atoms with Crippen LogP contribution in [0, 0.1) is 6.92 Å². The van der Waals surface area contributed by atoms with Gasteiger partial charge in [-0.25, -0.2) is 4.98 Å². The van der Waals surface area contributed by atoms with E-state index in [0.717, 1.165) is 10.9 Å². The van der Waals surface area contributed by atoms with Crippen LogP contribution in [0.2, 0.25) is 0 Å². The summed E-state index contributed by atoms with van der Waals surface area (Å²) >= 11 is 3.50. The summed E-state index contributed by atoms with van der Waals surface area (Å²) in [6, 6.07) is 6.06. The van der Waals surface area contributed by atoms with E-state index in [9.17, 15) is 4.79 Å². The average molecular weight is 323 g/mol. The summed E-state index contributed by atoms with van der Waals surface area (Å²) in [4.78, 5) is 15.6. The van der Waals surface area contributed by atoms with Crippen molar-refractivity contribution < 1.29 is 4.79 Å². The van der Waals surface area contributed by atoms with Crippen molar-refractivity contribution in [3.63, 3.8) is 0 Å². The van der Waals surface area contributed by atoms with Gasteiger partial charge >= 0.3 is 0 Å². The van der Waals surface area contributed by atoms with E-state index in [1.165, 1.54) is 22.1 Å². The van der Waals surface area contributed by atoms with Gasteiger partial charge in [-0.15, -0.1) is 5.10 Å². The molecule has 0 unspecified atom stereocenters. The molecule has 0 radical (unpaired) electrons. The SMILES string of the molecule is Cc1c(Br)cccc1CCNC(=O)c1ncn(C)n1. The van der Waals surface area contributed by atoms with Crippen molar-refractivity contribution in [2.45, 2.75) is 13.3 Å². The number of rotatable bonds is 4. The van der Waals surface area contributed by atoms with Crippen molar-refractivity contribution >= 4 is 21.8 Å². The highest BCUT2D eigenvalue weighted by atomic mass is 79.9. The first kappa shape index (κ1) is 13.7. The van der Waals surface area contributed by atoms with Crippen molar-refractivity contribution in [2.24, 2.45) is 7.05 Å². The number of aromatic nitrogens is 3. The molecule has 0 aliphatic rings. The molecule has 1 aromatic carbocycles. The minimum atomic E-state index is -0.242. The summed E-state index contributed by atoms with van der Waals surface area (Å²) < 4.78 is 2.59. The molecule has 0 saturated heterocycles. The maximum absolute atomic E-state index is 11.7. The summed E-state index contributed by atoms with van der Waals surface area (Å²) in [5.41, 5.74) is 2.41. The van der Waals surface area contributed by atoms with E-state index < -0.39 is 0 Å². The molecule has 1 N–H and O–H groups in total. The van der Waals surface area contributed by atoms with Crippen LogP contribution in [0.25, 0.3) is 0 Å². The molecule has 5 nitrogen and oxygen atoms in total. The minimum absolute atomic E-state index is 0.202. The Bertz CT molecular complexity index is 594. The quantitative estimate of drug-likeness (QED) is 0.934. The highest BCUT2D eigenvalue weighted by Crippen LogP contribution is 2.19. The molecule has 0 atom stereocenters. The summed E-state index contributed by atoms with van der Waals surface area (Å²) in [6.45, 7) is 2.62. The molecule has 2 rings (SSSR count). The topological polar surface area (TPSA) is 59.8 Å². The first-order valence-electron chi connectivity index (χ1n) is 5.96. The Morgan fingerprint density at radius 3 is 2.95 bits per heavy atom. The number of hydrogen-bond acceptors (Lipinski definition) is 3. The summed E-state index contributed by atoms with van der Waals surface area (Å²) in [5.74, 6) is -0.0401. The van der Waals surface area contributed by atoms with E-state index in [2.05, 4.69) is 44.3 Å². The Morgan fingerprint density at radius 2 is 2.26 bits per heavy atom. The van der Waals surface area contributed by atoms with Crippen molar-refractivity contribution in [1.29, 1.82) is 0 Å². The maximum atomic E-state index is 11.7. The number of carbonyl (C=O) groups excluding carboxylic acids is 1. The summed E-state index contributed by atoms with van der Waals surface area (Å²) in [6.07, 6.45) is 2.29. The van der Waals surface area contributed by atoms with Gasteiger partial charge in [0.25, 0.3) is 5.91 Å². The molecule has 1 heterocycles. The molecule has 0 spiro atoms. The lowest BCUT2D eigenvalue weighted by molar-refractivity contribution is 0.0943. The van der Waals surface area contributed by atoms with E-state index in [1.807, 2.05) is 12.1 Å². The molecule has 0 saturated carbocycles. The minimum Gasteiger partial charge on any atom is -0.349 e. The van der Waals surface area contributed by atoms with E-state index in [-0.39, 0.29) is 11.7 Å². The van der Waals surface area contributed by atoms with E-state index >= 15 is 0 Å². The molecule has 1 aromatic heterocycles. The van der Waals surface area contributed by atoms with Gasteiger partial charge in [0, 0.05) is 18.1 Å². The molecule has 100 valence electrons. The van der Waals surface area contributed by atoms with Gasteiger partial charge in [-0.05, 0) is 30.5 Å². The standard InChI is InChI=1S/C13H15BrN4O/c1-9-10(4-3-5-11(9)14)6-7-15-13(19)12-16-8-18(2)17-12/h3-5,8H,6-7H2,1-2H3,(H,15,19). The monoisotopic (exact) mass is 322 g/mol. The zero-order chi connectivity index (χ0) is 13.8. The Hall–Kier alpha value is -1.69. The van der Waals surface area contributed by atoms with Crippen LogP contribution in [0.5, 0.6) is 0 Å². The van der Waals surface area contributed by atoms with Crippen molar-refractivity contribution in [1.82, 2.24) is 20.1 Å². The fraction of sp³-hybridized carbons (Fsp3) is 0.308. The van der Waals surface area contributed by atoms with Crippen LogP contribution in [-0.2, 0) is 13.5 Å². The number of aryl methyl sites for hydroxylation is 1. The van der Waals surface area contributed by atoms with Gasteiger partial charge in [-0.2, -0.15) is 0 Å². The smallest absolute Gasteiger partial charge is 0.290 e. The average Bonchev–Trinajstić information content (AvgIpc) is 2.81. The lowest BCUT2D eigenvalue weighted by Gasteiger charge is -2.07. The normalized spacial score (nSPS) is 10.5. The van der Waals surface area contributed by atoms with Gasteiger partial charge in [0.05, 0.1) is 0 Å². The van der Waals surface area contributed by atoms with Crippen LogP contribution in [-0.4, -0.2) is 27.2 Å². The predicted molar refractivity (Wildman–Crippen MR) is 75.9 cm³/mol. The predicted octanol–water partition coefficient (Wildman–Crippen LogP) is 1.86. The summed E-state index contributed by atoms with van der Waals surface area (Å²) in [5, 5.41) is 6.77. The van der Waals surface area contributed by atoms with E-state index in [0.29, 0.717) is 6.54 Å². The number of carbonyl (C=O) groups is 1. The lowest BCUT2D eigenvalue weighted by Crippen LogP contribution is -2.27. The fourth-order valence-corrected chi connectivity index (χ4v) is 2.16. The lowest BCUT2D eigenvalue weighted by atomic mass is 10.1. The van der Waals surface area contributed by atoms with Crippen LogP contribution >= 0.6 is 15.9 Å². The van der Waals surface area contributed by atoms with Gasteiger partial charge < -0.3 is 5.32 Å². The third-order valence-electron chi connectivity index (χ3n) is 2.86. The third kappa shape index (κ3) is 3.41. The van der Waals surface area contributed by atoms with Gasteiger partial charge in [0.2, 0.25) is 5.82 Å². The maximum Gasteiger partial charge on any atom is 0.290 e. The van der Waals surface area contributed by atoms with Crippen molar-refractivity contribution in [3.8, 4) is 0 Å². The second kappa shape index (κ2) is 5.97. The van der Waals surface area contributed by atoms with Crippen LogP contribution in [0.15, 0.2) is 29.0 Å². The molecular formula is C13H15BrN4O. The highest BCUT2D eigenvalue weighted by Gasteiger charge is 2.10. The van der Waals surface area contributed by atoms with Crippen molar-refractivity contribution in [2.75, 3.05) is 6.54 Å². The molecular weight excluding hydrogens is 308 g/mol. The first-order valence-corrected chi connectivity index (χ1v) is 6.75. The van der Waals surface area contributed by atoms with Gasteiger partial charge in [0.15, 0.2) is 0 Å². The number of benzene rings is 1. The first-order chi connectivity index (χ1) is 9.08. The molecule has 6 heteroatoms. The molecule has 0 aliphatic carbocycles. The number of halogens is 1. The highest BCUT2D eigenvalue weighted by molar-refractivity contribution is 9.10. The van der Waals surface area contributed by atoms with Crippen LogP contribution in [0.3, 0.4) is 0 Å². The molecule has 2 aromatic rings. The summed E-state index contributed by atoms with van der Waals surface area (Å²) in [7, 11) is 1.73. The molecule has 0 bridgehead atoms. The third-order valence-corrected chi connectivity index (χ3v) is 3.72. The number of nitrogens with one attached hydrogen (secondary N) is 1. The van der Waals surface area contributed by atoms with Crippen LogP contribution in [0.4, 0.5) is 0 Å². The number of nitrogens with zero attached hydrogens (tertiary/aromatic N) is 3. The molecule has 1 amide bonds. The van der Waals surface area contributed by atoms with Crippen molar-refractivity contribution in [3.05, 3.63) is 46.0 Å². The van der Waals surface area contributed by atoms with E-state index in [1.54, 1.807) is 7.05 Å². The molecule has 0 fully saturated rings. The van der Waals surface area contributed by atoms with E-state index in [4.69, 9.17) is 0 Å². The van der Waals surface area contributed by atoms with Gasteiger partial charge in [-0.1, -0.05) is 28.1 Å². The largest absolute Gasteiger partial charge is 0.349 e. The Kier molecular flexibility index (Phi) is 4.31. The van der Waals surface area contributed by atoms with Gasteiger partial charge in [-0.3, -0.25) is 9.48 Å². The Morgan fingerprint density at radius 1 is 1.47 bits per heavy atom. The number of hydrogen-bond donors (Lipinski definition) is 1. The van der Waals surface area contributed by atoms with Crippen LogP contribution < -0.4 is 5.32 Å². The Labute approximate surface area is 120 Å². The van der Waals surface area contributed by atoms with Crippen LogP contribution in [0.1, 0.15) is 21.7 Å².